The van der Waals surface area contributed by atoms with Crippen molar-refractivity contribution < 1.29 is 9.84 Å². The zero-order valence-electron chi connectivity index (χ0n) is 15.4. The summed E-state index contributed by atoms with van der Waals surface area (Å²) in [5.74, 6) is 0.782. The van der Waals surface area contributed by atoms with Crippen molar-refractivity contribution in [2.75, 3.05) is 13.2 Å². The van der Waals surface area contributed by atoms with E-state index < -0.39 is 0 Å². The number of halogens is 1. The number of aliphatic hydroxyl groups excluding tert-OH is 1. The summed E-state index contributed by atoms with van der Waals surface area (Å²) in [5, 5.41) is 12.7. The number of benzene rings is 3. The summed E-state index contributed by atoms with van der Waals surface area (Å²) in [5.41, 5.74) is 5.77. The monoisotopic (exact) mass is 381 g/mol. The third-order valence-electron chi connectivity index (χ3n) is 4.55. The van der Waals surface area contributed by atoms with Gasteiger partial charge in [-0.3, -0.25) is 0 Å². The molecule has 0 amide bonds. The Bertz CT molecular complexity index is 881. The summed E-state index contributed by atoms with van der Waals surface area (Å²) >= 11 is 6.25. The Hall–Kier alpha value is -2.33. The van der Waals surface area contributed by atoms with Gasteiger partial charge in [-0.1, -0.05) is 60.1 Å². The largest absolute Gasteiger partial charge is 0.489 e. The maximum atomic E-state index is 8.89. The average Bonchev–Trinajstić information content (AvgIpc) is 2.70. The van der Waals surface area contributed by atoms with Crippen LogP contribution in [0.15, 0.2) is 66.7 Å². The van der Waals surface area contributed by atoms with Crippen molar-refractivity contribution in [3.8, 4) is 16.9 Å². The summed E-state index contributed by atoms with van der Waals surface area (Å²) < 4.78 is 6.03. The highest BCUT2D eigenvalue weighted by molar-refractivity contribution is 6.31. The van der Waals surface area contributed by atoms with E-state index in [0.29, 0.717) is 24.7 Å². The lowest BCUT2D eigenvalue weighted by Gasteiger charge is -2.14. The van der Waals surface area contributed by atoms with Crippen LogP contribution in [0.25, 0.3) is 11.1 Å². The van der Waals surface area contributed by atoms with Crippen molar-refractivity contribution in [3.63, 3.8) is 0 Å². The molecule has 27 heavy (non-hydrogen) atoms. The number of rotatable bonds is 8. The highest BCUT2D eigenvalue weighted by Crippen LogP contribution is 2.27. The van der Waals surface area contributed by atoms with Crippen molar-refractivity contribution in [1.29, 1.82) is 0 Å². The second-order valence-corrected chi connectivity index (χ2v) is 6.81. The minimum atomic E-state index is 0.102. The van der Waals surface area contributed by atoms with E-state index in [-0.39, 0.29) is 6.61 Å². The van der Waals surface area contributed by atoms with Gasteiger partial charge in [0.15, 0.2) is 0 Å². The standard InChI is InChI=1S/C23H24ClNO2/c1-17-19(8-5-9-22(17)18-6-3-2-4-7-18)16-27-21-10-11-23(24)20(14-21)15-25-12-13-26/h2-11,14,25-26H,12-13,15-16H2,1H3. The van der Waals surface area contributed by atoms with Gasteiger partial charge in [-0.2, -0.15) is 0 Å². The van der Waals surface area contributed by atoms with Crippen LogP contribution in [0.4, 0.5) is 0 Å². The Morgan fingerprint density at radius 3 is 2.56 bits per heavy atom. The number of nitrogens with one attached hydrogen (secondary N) is 1. The summed E-state index contributed by atoms with van der Waals surface area (Å²) in [6.07, 6.45) is 0. The van der Waals surface area contributed by atoms with Crippen LogP contribution in [0.3, 0.4) is 0 Å². The molecule has 0 aliphatic heterocycles. The summed E-state index contributed by atoms with van der Waals surface area (Å²) in [6, 6.07) is 22.4. The first-order valence-corrected chi connectivity index (χ1v) is 9.43. The first kappa shape index (κ1) is 19.4. The molecule has 0 aliphatic carbocycles. The molecule has 0 saturated carbocycles. The summed E-state index contributed by atoms with van der Waals surface area (Å²) in [6.45, 7) is 3.86. The van der Waals surface area contributed by atoms with E-state index in [1.54, 1.807) is 0 Å². The van der Waals surface area contributed by atoms with Crippen LogP contribution < -0.4 is 10.1 Å². The second-order valence-electron chi connectivity index (χ2n) is 6.40. The molecule has 0 spiro atoms. The van der Waals surface area contributed by atoms with Gasteiger partial charge in [-0.25, -0.2) is 0 Å². The van der Waals surface area contributed by atoms with Crippen molar-refractivity contribution in [1.82, 2.24) is 5.32 Å². The predicted octanol–water partition coefficient (Wildman–Crippen LogP) is 4.98. The van der Waals surface area contributed by atoms with Crippen molar-refractivity contribution in [2.24, 2.45) is 0 Å². The van der Waals surface area contributed by atoms with Crippen LogP contribution in [0.5, 0.6) is 5.75 Å². The molecule has 2 N–H and O–H groups in total. The van der Waals surface area contributed by atoms with Crippen LogP contribution in [0.1, 0.15) is 16.7 Å². The van der Waals surface area contributed by atoms with Crippen molar-refractivity contribution in [3.05, 3.63) is 88.4 Å². The average molecular weight is 382 g/mol. The lowest BCUT2D eigenvalue weighted by atomic mass is 9.97. The third-order valence-corrected chi connectivity index (χ3v) is 4.92. The van der Waals surface area contributed by atoms with E-state index in [4.69, 9.17) is 21.4 Å². The molecule has 140 valence electrons. The zero-order chi connectivity index (χ0) is 19.1. The van der Waals surface area contributed by atoms with E-state index in [0.717, 1.165) is 16.9 Å². The topological polar surface area (TPSA) is 41.5 Å². The lowest BCUT2D eigenvalue weighted by Crippen LogP contribution is -2.17. The zero-order valence-corrected chi connectivity index (χ0v) is 16.2. The Kier molecular flexibility index (Phi) is 6.88. The fraction of sp³-hybridized carbons (Fsp3) is 0.217. The van der Waals surface area contributed by atoms with Crippen molar-refractivity contribution in [2.45, 2.75) is 20.1 Å². The SMILES string of the molecule is Cc1c(COc2ccc(Cl)c(CNCCO)c2)cccc1-c1ccccc1. The summed E-state index contributed by atoms with van der Waals surface area (Å²) in [7, 11) is 0. The van der Waals surface area contributed by atoms with Crippen LogP contribution in [-0.2, 0) is 13.2 Å². The van der Waals surface area contributed by atoms with Gasteiger partial charge in [-0.15, -0.1) is 0 Å². The molecule has 0 aliphatic rings. The van der Waals surface area contributed by atoms with E-state index in [2.05, 4.69) is 54.7 Å². The maximum Gasteiger partial charge on any atom is 0.120 e. The first-order valence-electron chi connectivity index (χ1n) is 9.05. The van der Waals surface area contributed by atoms with Gasteiger partial charge in [0, 0.05) is 18.1 Å². The normalized spacial score (nSPS) is 10.8. The second kappa shape index (κ2) is 9.56. The molecule has 0 saturated heterocycles. The van der Waals surface area contributed by atoms with Gasteiger partial charge in [0.05, 0.1) is 6.61 Å². The van der Waals surface area contributed by atoms with E-state index in [9.17, 15) is 0 Å². The number of hydrogen-bond acceptors (Lipinski definition) is 3. The first-order chi connectivity index (χ1) is 13.2. The van der Waals surface area contributed by atoms with Gasteiger partial charge in [-0.05, 0) is 52.9 Å². The summed E-state index contributed by atoms with van der Waals surface area (Å²) in [4.78, 5) is 0. The van der Waals surface area contributed by atoms with Gasteiger partial charge in [0.2, 0.25) is 0 Å². The highest BCUT2D eigenvalue weighted by Gasteiger charge is 2.08. The fourth-order valence-corrected chi connectivity index (χ4v) is 3.19. The van der Waals surface area contributed by atoms with Crippen LogP contribution >= 0.6 is 11.6 Å². The Morgan fingerprint density at radius 2 is 1.78 bits per heavy atom. The lowest BCUT2D eigenvalue weighted by molar-refractivity contribution is 0.291. The van der Waals surface area contributed by atoms with Gasteiger partial charge >= 0.3 is 0 Å². The molecule has 0 heterocycles. The van der Waals surface area contributed by atoms with Gasteiger partial charge < -0.3 is 15.2 Å². The number of hydrogen-bond donors (Lipinski definition) is 2. The molecule has 0 aromatic heterocycles. The van der Waals surface area contributed by atoms with E-state index in [1.165, 1.54) is 16.7 Å². The van der Waals surface area contributed by atoms with Crippen LogP contribution in [0.2, 0.25) is 5.02 Å². The van der Waals surface area contributed by atoms with Crippen molar-refractivity contribution >= 4 is 11.6 Å². The third kappa shape index (κ3) is 5.10. The molecule has 4 heteroatoms. The molecular formula is C23H24ClNO2. The molecule has 0 fully saturated rings. The van der Waals surface area contributed by atoms with Gasteiger partial charge in [0.1, 0.15) is 12.4 Å². The molecule has 3 nitrogen and oxygen atoms in total. The van der Waals surface area contributed by atoms with Crippen LogP contribution in [0, 0.1) is 6.92 Å². The number of ether oxygens (including phenoxy) is 1. The maximum absolute atomic E-state index is 8.89. The molecule has 0 atom stereocenters. The Balaban J connectivity index is 1.73. The molecule has 0 unspecified atom stereocenters. The molecule has 3 aromatic rings. The minimum Gasteiger partial charge on any atom is -0.489 e. The number of aliphatic hydroxyl groups is 1. The Morgan fingerprint density at radius 1 is 0.963 bits per heavy atom. The molecular weight excluding hydrogens is 358 g/mol. The molecule has 0 radical (unpaired) electrons. The smallest absolute Gasteiger partial charge is 0.120 e. The van der Waals surface area contributed by atoms with Crippen LogP contribution in [-0.4, -0.2) is 18.3 Å². The molecule has 3 aromatic carbocycles. The quantitative estimate of drug-likeness (QED) is 0.541. The molecule has 3 rings (SSSR count). The van der Waals surface area contributed by atoms with Gasteiger partial charge in [0.25, 0.3) is 0 Å². The molecule has 0 bridgehead atoms. The fourth-order valence-electron chi connectivity index (χ4n) is 3.01. The van der Waals surface area contributed by atoms with E-state index >= 15 is 0 Å². The highest BCUT2D eigenvalue weighted by atomic mass is 35.5. The Labute approximate surface area is 165 Å². The minimum absolute atomic E-state index is 0.102. The van der Waals surface area contributed by atoms with E-state index in [1.807, 2.05) is 24.3 Å². The predicted molar refractivity (Wildman–Crippen MR) is 111 cm³/mol.